The Bertz CT molecular complexity index is 327. The van der Waals surface area contributed by atoms with Crippen LogP contribution in [-0.2, 0) is 19.2 Å². The number of aliphatic carboxylic acids is 1. The van der Waals surface area contributed by atoms with Gasteiger partial charge >= 0.3 is 43.7 Å². The first-order chi connectivity index (χ1) is 6.97. The van der Waals surface area contributed by atoms with Gasteiger partial charge in [0.15, 0.2) is 17.3 Å². The van der Waals surface area contributed by atoms with Crippen molar-refractivity contribution in [1.29, 1.82) is 0 Å². The summed E-state index contributed by atoms with van der Waals surface area (Å²) in [7, 11) is 0. The van der Waals surface area contributed by atoms with Gasteiger partial charge in [0.25, 0.3) is 0 Å². The first kappa shape index (κ1) is 15.7. The first-order valence-electron chi connectivity index (χ1n) is 4.78. The molecule has 0 heterocycles. The molecule has 0 atom stereocenters. The molecule has 0 spiro atoms. The molecule has 1 aliphatic rings. The van der Waals surface area contributed by atoms with Crippen molar-refractivity contribution in [3.63, 3.8) is 0 Å². The van der Waals surface area contributed by atoms with Crippen molar-refractivity contribution >= 4 is 61.1 Å². The fourth-order valence-electron chi connectivity index (χ4n) is 1.71. The molecule has 1 fully saturated rings. The number of carboxylic acid groups (broad SMARTS) is 1. The normalized spacial score (nSPS) is 24.8. The minimum atomic E-state index is -1.20. The van der Waals surface area contributed by atoms with E-state index in [1.54, 1.807) is 6.92 Å². The quantitative estimate of drug-likeness (QED) is 0.568. The van der Waals surface area contributed by atoms with E-state index in [2.05, 4.69) is 0 Å². The molecular formula is C10H14CaO5. The summed E-state index contributed by atoms with van der Waals surface area (Å²) >= 11 is 0. The van der Waals surface area contributed by atoms with Crippen LogP contribution in [0.5, 0.6) is 0 Å². The van der Waals surface area contributed by atoms with Crippen LogP contribution in [0.3, 0.4) is 0 Å². The third kappa shape index (κ3) is 3.37. The van der Waals surface area contributed by atoms with E-state index in [4.69, 9.17) is 5.11 Å². The van der Waals surface area contributed by atoms with Crippen LogP contribution < -0.4 is 0 Å². The Balaban J connectivity index is -0.000000750. The summed E-state index contributed by atoms with van der Waals surface area (Å²) in [6.07, 6.45) is -0.297. The van der Waals surface area contributed by atoms with Crippen molar-refractivity contribution < 1.29 is 27.1 Å². The number of rotatable bonds is 3. The zero-order chi connectivity index (χ0) is 11.6. The molecule has 5 nitrogen and oxygen atoms in total. The molecule has 1 rings (SSSR count). The van der Waals surface area contributed by atoms with Gasteiger partial charge in [-0.2, -0.15) is 0 Å². The van der Waals surface area contributed by atoms with Gasteiger partial charge in [-0.15, -0.1) is 0 Å². The van der Waals surface area contributed by atoms with Crippen LogP contribution in [0.1, 0.15) is 29.0 Å². The van der Waals surface area contributed by atoms with E-state index in [0.717, 1.165) is 0 Å². The summed E-state index contributed by atoms with van der Waals surface area (Å²) in [6, 6.07) is 0. The Morgan fingerprint density at radius 3 is 2.06 bits per heavy atom. The van der Waals surface area contributed by atoms with E-state index in [-0.39, 0.29) is 59.9 Å². The second-order valence-electron chi connectivity index (χ2n) is 3.63. The fraction of sp³-hybridized carbons (Fsp3) is 0.600. The van der Waals surface area contributed by atoms with Crippen LogP contribution in [-0.4, -0.2) is 66.2 Å². The monoisotopic (exact) mass is 254 g/mol. The topological polar surface area (TPSA) is 88.5 Å². The van der Waals surface area contributed by atoms with Gasteiger partial charge < -0.3 is 7.96 Å². The number of carbonyl (C=O) groups excluding carboxylic acids is 3. The Kier molecular flexibility index (Phi) is 6.36. The van der Waals surface area contributed by atoms with Crippen molar-refractivity contribution in [2.45, 2.75) is 26.2 Å². The molecular weight excluding hydrogens is 240 g/mol. The van der Waals surface area contributed by atoms with E-state index in [9.17, 15) is 19.2 Å². The third-order valence-corrected chi connectivity index (χ3v) is 2.56. The molecule has 0 radical (unpaired) electrons. The average molecular weight is 254 g/mol. The summed E-state index contributed by atoms with van der Waals surface area (Å²) < 4.78 is 0. The van der Waals surface area contributed by atoms with Crippen LogP contribution in [0, 0.1) is 11.8 Å². The van der Waals surface area contributed by atoms with Gasteiger partial charge in [-0.3, -0.25) is 19.2 Å². The molecule has 0 aromatic rings. The van der Waals surface area contributed by atoms with Crippen molar-refractivity contribution in [3.05, 3.63) is 0 Å². The van der Waals surface area contributed by atoms with Gasteiger partial charge in [0.2, 0.25) is 0 Å². The molecule has 0 bridgehead atoms. The van der Waals surface area contributed by atoms with E-state index in [1.165, 1.54) is 0 Å². The number of hydrogen-bond acceptors (Lipinski definition) is 4. The summed E-state index contributed by atoms with van der Waals surface area (Å²) in [5.41, 5.74) is 0. The van der Waals surface area contributed by atoms with Crippen LogP contribution in [0.25, 0.3) is 0 Å². The molecule has 1 aliphatic carbocycles. The van der Waals surface area contributed by atoms with Crippen LogP contribution in [0.15, 0.2) is 0 Å². The van der Waals surface area contributed by atoms with Gasteiger partial charge in [0, 0.05) is 19.3 Å². The summed E-state index contributed by atoms with van der Waals surface area (Å²) in [6.45, 7) is 1.58. The molecule has 16 heavy (non-hydrogen) atoms. The van der Waals surface area contributed by atoms with E-state index in [0.29, 0.717) is 0 Å². The number of carboxylic acids is 1. The predicted molar refractivity (Wildman–Crippen MR) is 57.1 cm³/mol. The molecule has 0 aromatic carbocycles. The largest absolute Gasteiger partial charge is 2.00 e. The zero-order valence-corrected chi connectivity index (χ0v) is 11.3. The van der Waals surface area contributed by atoms with Crippen molar-refractivity contribution in [2.24, 2.45) is 11.8 Å². The molecule has 0 amide bonds. The maximum atomic E-state index is 11.4. The maximum absolute atomic E-state index is 11.4. The van der Waals surface area contributed by atoms with Crippen LogP contribution >= 0.6 is 0 Å². The standard InChI is InChI=1S/C10H12O5.Ca.2H/c1-2-6(11)9-7(12)3-5(10(14)15)4-8(9)13;;;/h5,9H,2-4H2,1H3,(H,14,15);;;/q;+2;2*-1. The predicted octanol–water partition coefficient (Wildman–Crippen LogP) is 0.0587. The molecule has 1 N–H and O–H groups in total. The molecule has 0 saturated heterocycles. The van der Waals surface area contributed by atoms with Crippen molar-refractivity contribution in [2.75, 3.05) is 0 Å². The smallest absolute Gasteiger partial charge is 1.00 e. The molecule has 86 valence electrons. The third-order valence-electron chi connectivity index (χ3n) is 2.56. The van der Waals surface area contributed by atoms with E-state index in [1.807, 2.05) is 0 Å². The van der Waals surface area contributed by atoms with E-state index >= 15 is 0 Å². The molecule has 0 unspecified atom stereocenters. The summed E-state index contributed by atoms with van der Waals surface area (Å²) in [5, 5.41) is 8.67. The molecule has 0 aromatic heterocycles. The molecule has 6 heteroatoms. The average Bonchev–Trinajstić information content (AvgIpc) is 2.16. The summed E-state index contributed by atoms with van der Waals surface area (Å²) in [4.78, 5) is 44.7. The van der Waals surface area contributed by atoms with Crippen molar-refractivity contribution in [1.82, 2.24) is 0 Å². The molecule has 1 saturated carbocycles. The van der Waals surface area contributed by atoms with Gasteiger partial charge in [0.1, 0.15) is 5.92 Å². The Morgan fingerprint density at radius 2 is 1.75 bits per heavy atom. The second kappa shape index (κ2) is 6.47. The Hall–Kier alpha value is -0.260. The minimum absolute atomic E-state index is 0. The van der Waals surface area contributed by atoms with E-state index < -0.39 is 35.2 Å². The Morgan fingerprint density at radius 1 is 1.31 bits per heavy atom. The number of Topliss-reactive ketones (excluding diaryl/α,β-unsaturated/α-hetero) is 3. The number of carbonyl (C=O) groups is 4. The van der Waals surface area contributed by atoms with Gasteiger partial charge in [-0.1, -0.05) is 6.92 Å². The van der Waals surface area contributed by atoms with Gasteiger partial charge in [-0.05, 0) is 0 Å². The van der Waals surface area contributed by atoms with Crippen LogP contribution in [0.4, 0.5) is 0 Å². The fourth-order valence-corrected chi connectivity index (χ4v) is 1.71. The van der Waals surface area contributed by atoms with Gasteiger partial charge in [-0.25, -0.2) is 0 Å². The minimum Gasteiger partial charge on any atom is -1.00 e. The molecule has 0 aliphatic heterocycles. The maximum Gasteiger partial charge on any atom is 2.00 e. The van der Waals surface area contributed by atoms with Gasteiger partial charge in [0.05, 0.1) is 5.92 Å². The Labute approximate surface area is 126 Å². The zero-order valence-electron chi connectivity index (χ0n) is 11.1. The first-order valence-corrected chi connectivity index (χ1v) is 4.78. The SMILES string of the molecule is CCC(=O)C1C(=O)CC(C(=O)O)CC1=O.[Ca+2].[H-].[H-]. The number of hydrogen-bond donors (Lipinski definition) is 1. The van der Waals surface area contributed by atoms with Crippen molar-refractivity contribution in [3.8, 4) is 0 Å². The second-order valence-corrected chi connectivity index (χ2v) is 3.63. The van der Waals surface area contributed by atoms with Crippen LogP contribution in [0.2, 0.25) is 0 Å². The number of ketones is 3. The summed E-state index contributed by atoms with van der Waals surface area (Å²) in [5.74, 6) is -4.82.